The molecule has 0 saturated carbocycles. The molecule has 0 aliphatic carbocycles. The molecule has 4 N–H and O–H groups in total. The summed E-state index contributed by atoms with van der Waals surface area (Å²) < 4.78 is 11.4. The van der Waals surface area contributed by atoms with E-state index in [4.69, 9.17) is 26.8 Å². The molecule has 24 heavy (non-hydrogen) atoms. The molecule has 1 aliphatic rings. The van der Waals surface area contributed by atoms with Crippen molar-refractivity contribution in [2.45, 2.75) is 25.5 Å². The van der Waals surface area contributed by atoms with Crippen molar-refractivity contribution in [3.05, 3.63) is 34.7 Å². The van der Waals surface area contributed by atoms with Gasteiger partial charge in [0.25, 0.3) is 5.91 Å². The lowest BCUT2D eigenvalue weighted by atomic mass is 10.1. The highest BCUT2D eigenvalue weighted by molar-refractivity contribution is 6.35. The Morgan fingerprint density at radius 1 is 1.54 bits per heavy atom. The van der Waals surface area contributed by atoms with Gasteiger partial charge in [-0.15, -0.1) is 0 Å². The molecule has 1 saturated heterocycles. The number of halogens is 1. The topological polar surface area (TPSA) is 115 Å². The highest BCUT2D eigenvalue weighted by Gasteiger charge is 2.30. The van der Waals surface area contributed by atoms with E-state index in [1.54, 1.807) is 6.20 Å². The van der Waals surface area contributed by atoms with Crippen molar-refractivity contribution >= 4 is 23.3 Å². The number of ether oxygens (including phenoxy) is 2. The summed E-state index contributed by atoms with van der Waals surface area (Å²) in [5.74, 6) is 0.332. The van der Waals surface area contributed by atoms with Gasteiger partial charge in [0.1, 0.15) is 22.6 Å². The molecule has 128 valence electrons. The normalized spacial score (nSPS) is 20.6. The van der Waals surface area contributed by atoms with Crippen LogP contribution < -0.4 is 15.8 Å². The van der Waals surface area contributed by atoms with Crippen LogP contribution in [0.4, 0.5) is 5.82 Å². The molecule has 8 nitrogen and oxygen atoms in total. The molecule has 0 radical (unpaired) electrons. The molecule has 3 heterocycles. The number of aromatic amines is 1. The van der Waals surface area contributed by atoms with Crippen LogP contribution in [0.2, 0.25) is 5.02 Å². The molecule has 0 unspecified atom stereocenters. The fourth-order valence-corrected chi connectivity index (χ4v) is 2.60. The van der Waals surface area contributed by atoms with E-state index in [1.807, 2.05) is 19.1 Å². The Kier molecular flexibility index (Phi) is 4.86. The van der Waals surface area contributed by atoms with Gasteiger partial charge in [-0.3, -0.25) is 14.9 Å². The number of nitrogens with two attached hydrogens (primary N) is 1. The Bertz CT molecular complexity index is 718. The van der Waals surface area contributed by atoms with Gasteiger partial charge in [0, 0.05) is 12.3 Å². The number of nitrogen functional groups attached to an aromatic ring is 1. The van der Waals surface area contributed by atoms with Crippen LogP contribution in [0, 0.1) is 6.92 Å². The molecule has 2 aromatic heterocycles. The van der Waals surface area contributed by atoms with E-state index >= 15 is 0 Å². The second kappa shape index (κ2) is 7.06. The van der Waals surface area contributed by atoms with Gasteiger partial charge in [-0.05, 0) is 25.5 Å². The van der Waals surface area contributed by atoms with Crippen LogP contribution in [0.3, 0.4) is 0 Å². The summed E-state index contributed by atoms with van der Waals surface area (Å²) in [7, 11) is 0. The van der Waals surface area contributed by atoms with Gasteiger partial charge < -0.3 is 20.5 Å². The predicted octanol–water partition coefficient (Wildman–Crippen LogP) is 1.32. The Hall–Kier alpha value is -2.32. The van der Waals surface area contributed by atoms with Crippen molar-refractivity contribution in [3.63, 3.8) is 0 Å². The smallest absolute Gasteiger partial charge is 0.271 e. The number of amides is 1. The van der Waals surface area contributed by atoms with Crippen LogP contribution >= 0.6 is 11.6 Å². The van der Waals surface area contributed by atoms with Gasteiger partial charge in [0.05, 0.1) is 18.8 Å². The molecule has 2 atom stereocenters. The van der Waals surface area contributed by atoms with Gasteiger partial charge in [-0.1, -0.05) is 11.6 Å². The summed E-state index contributed by atoms with van der Waals surface area (Å²) in [6.45, 7) is 2.81. The average Bonchev–Trinajstić information content (AvgIpc) is 2.91. The first-order chi connectivity index (χ1) is 11.5. The Morgan fingerprint density at radius 3 is 3.04 bits per heavy atom. The molecule has 0 bridgehead atoms. The minimum Gasteiger partial charge on any atom is -0.484 e. The summed E-state index contributed by atoms with van der Waals surface area (Å²) in [5, 5.41) is 9.26. The minimum atomic E-state index is -0.383. The third-order valence-electron chi connectivity index (χ3n) is 3.75. The number of nitrogens with zero attached hydrogens (tertiary/aromatic N) is 2. The SMILES string of the molecule is Cc1ccc(O[C@@H]2COCC[C@@H]2NC(=O)c2[nH]nc(N)c2Cl)cn1. The molecule has 2 aromatic rings. The predicted molar refractivity (Wildman–Crippen MR) is 88.1 cm³/mol. The molecule has 1 fully saturated rings. The van der Waals surface area contributed by atoms with Gasteiger partial charge in [-0.25, -0.2) is 0 Å². The number of carbonyl (C=O) groups excluding carboxylic acids is 1. The number of hydrogen-bond acceptors (Lipinski definition) is 6. The van der Waals surface area contributed by atoms with Crippen LogP contribution in [0.25, 0.3) is 0 Å². The number of aromatic nitrogens is 3. The van der Waals surface area contributed by atoms with E-state index in [-0.39, 0.29) is 34.6 Å². The molecule has 9 heteroatoms. The fraction of sp³-hybridized carbons (Fsp3) is 0.400. The molecule has 0 spiro atoms. The number of hydrogen-bond donors (Lipinski definition) is 3. The first-order valence-electron chi connectivity index (χ1n) is 7.52. The van der Waals surface area contributed by atoms with Crippen LogP contribution in [-0.4, -0.2) is 46.4 Å². The zero-order valence-corrected chi connectivity index (χ0v) is 13.8. The third kappa shape index (κ3) is 3.60. The van der Waals surface area contributed by atoms with Gasteiger partial charge in [0.2, 0.25) is 0 Å². The highest BCUT2D eigenvalue weighted by atomic mass is 35.5. The zero-order valence-electron chi connectivity index (χ0n) is 13.1. The first kappa shape index (κ1) is 16.5. The Morgan fingerprint density at radius 2 is 2.38 bits per heavy atom. The van der Waals surface area contributed by atoms with Crippen LogP contribution in [0.5, 0.6) is 5.75 Å². The number of carbonyl (C=O) groups is 1. The monoisotopic (exact) mass is 351 g/mol. The number of anilines is 1. The number of rotatable bonds is 4. The molecule has 3 rings (SSSR count). The number of aryl methyl sites for hydroxylation is 1. The summed E-state index contributed by atoms with van der Waals surface area (Å²) in [6, 6.07) is 3.47. The van der Waals surface area contributed by atoms with Gasteiger partial charge in [-0.2, -0.15) is 5.10 Å². The lowest BCUT2D eigenvalue weighted by molar-refractivity contribution is -0.0136. The first-order valence-corrected chi connectivity index (χ1v) is 7.89. The summed E-state index contributed by atoms with van der Waals surface area (Å²) >= 11 is 5.96. The maximum absolute atomic E-state index is 12.4. The van der Waals surface area contributed by atoms with Crippen LogP contribution in [0.15, 0.2) is 18.3 Å². The van der Waals surface area contributed by atoms with Crippen molar-refractivity contribution in [3.8, 4) is 5.75 Å². The number of H-pyrrole nitrogens is 1. The zero-order chi connectivity index (χ0) is 17.1. The van der Waals surface area contributed by atoms with Crippen molar-refractivity contribution in [1.82, 2.24) is 20.5 Å². The van der Waals surface area contributed by atoms with Crippen LogP contribution in [-0.2, 0) is 4.74 Å². The molecule has 1 aliphatic heterocycles. The maximum Gasteiger partial charge on any atom is 0.271 e. The second-order valence-corrected chi connectivity index (χ2v) is 5.91. The molecular formula is C15H18ClN5O3. The quantitative estimate of drug-likeness (QED) is 0.765. The molecular weight excluding hydrogens is 334 g/mol. The molecule has 0 aromatic carbocycles. The minimum absolute atomic E-state index is 0.0901. The lowest BCUT2D eigenvalue weighted by Crippen LogP contribution is -2.51. The number of pyridine rings is 1. The summed E-state index contributed by atoms with van der Waals surface area (Å²) in [6.07, 6.45) is 1.94. The molecule has 1 amide bonds. The van der Waals surface area contributed by atoms with Crippen molar-refractivity contribution in [1.29, 1.82) is 0 Å². The van der Waals surface area contributed by atoms with Crippen molar-refractivity contribution in [2.75, 3.05) is 18.9 Å². The van der Waals surface area contributed by atoms with E-state index in [0.717, 1.165) is 5.69 Å². The van der Waals surface area contributed by atoms with Crippen molar-refractivity contribution in [2.24, 2.45) is 0 Å². The van der Waals surface area contributed by atoms with E-state index in [9.17, 15) is 4.79 Å². The average molecular weight is 352 g/mol. The fourth-order valence-electron chi connectivity index (χ4n) is 2.43. The van der Waals surface area contributed by atoms with Gasteiger partial charge >= 0.3 is 0 Å². The third-order valence-corrected chi connectivity index (χ3v) is 4.13. The Balaban J connectivity index is 1.69. The van der Waals surface area contributed by atoms with Crippen molar-refractivity contribution < 1.29 is 14.3 Å². The van der Waals surface area contributed by atoms with Gasteiger partial charge in [0.15, 0.2) is 5.82 Å². The largest absolute Gasteiger partial charge is 0.484 e. The summed E-state index contributed by atoms with van der Waals surface area (Å²) in [5.41, 5.74) is 6.58. The van der Waals surface area contributed by atoms with E-state index in [2.05, 4.69) is 20.5 Å². The van der Waals surface area contributed by atoms with Crippen LogP contribution in [0.1, 0.15) is 22.6 Å². The maximum atomic E-state index is 12.4. The number of nitrogens with one attached hydrogen (secondary N) is 2. The highest BCUT2D eigenvalue weighted by Crippen LogP contribution is 2.21. The Labute approximate surface area is 143 Å². The second-order valence-electron chi connectivity index (χ2n) is 5.53. The lowest BCUT2D eigenvalue weighted by Gasteiger charge is -2.32. The van der Waals surface area contributed by atoms with E-state index in [0.29, 0.717) is 25.4 Å². The van der Waals surface area contributed by atoms with E-state index < -0.39 is 0 Å². The summed E-state index contributed by atoms with van der Waals surface area (Å²) in [4.78, 5) is 16.6. The van der Waals surface area contributed by atoms with E-state index in [1.165, 1.54) is 0 Å². The standard InChI is InChI=1S/C15H18ClN5O3/c1-8-2-3-9(6-18-8)24-11-7-23-5-4-10(11)19-15(22)13-12(16)14(17)21-20-13/h2-3,6,10-11H,4-5,7H2,1H3,(H,19,22)(H3,17,20,21)/t10-,11+/m0/s1.